The average Bonchev–Trinajstić information content (AvgIpc) is 2.61. The molecule has 0 aliphatic rings. The van der Waals surface area contributed by atoms with Crippen molar-refractivity contribution in [3.63, 3.8) is 0 Å². The maximum atomic E-state index is 11.2. The van der Waals surface area contributed by atoms with Crippen LogP contribution in [-0.2, 0) is 16.6 Å². The molecule has 0 saturated carbocycles. The molecule has 28 heavy (non-hydrogen) atoms. The van der Waals surface area contributed by atoms with Crippen LogP contribution in [0.5, 0.6) is 5.75 Å². The van der Waals surface area contributed by atoms with Gasteiger partial charge in [0.05, 0.1) is 19.3 Å². The molecule has 2 rings (SSSR count). The topological polar surface area (TPSA) is 83.0 Å². The second-order valence-corrected chi connectivity index (χ2v) is 7.94. The fourth-order valence-corrected chi connectivity index (χ4v) is 2.83. The van der Waals surface area contributed by atoms with Crippen molar-refractivity contribution in [2.75, 3.05) is 38.2 Å². The summed E-state index contributed by atoms with van der Waals surface area (Å²) >= 11 is 0. The van der Waals surface area contributed by atoms with E-state index < -0.39 is 10.0 Å². The predicted molar refractivity (Wildman–Crippen MR) is 125 cm³/mol. The van der Waals surface area contributed by atoms with Crippen LogP contribution in [0, 0.1) is 0 Å². The first-order valence-corrected chi connectivity index (χ1v) is 10.4. The molecule has 0 atom stereocenters. The Kier molecular flexibility index (Phi) is 10.1. The Morgan fingerprint density at radius 2 is 1.71 bits per heavy atom. The molecule has 0 aliphatic heterocycles. The van der Waals surface area contributed by atoms with Crippen molar-refractivity contribution in [1.29, 1.82) is 0 Å². The van der Waals surface area contributed by atoms with E-state index in [1.54, 1.807) is 24.3 Å². The number of anilines is 1. The van der Waals surface area contributed by atoms with Crippen LogP contribution < -0.4 is 14.8 Å². The van der Waals surface area contributed by atoms with Gasteiger partial charge in [-0.05, 0) is 29.8 Å². The number of nitrogens with one attached hydrogen (secondary N) is 2. The smallest absolute Gasteiger partial charge is 0.229 e. The lowest BCUT2D eigenvalue weighted by Crippen LogP contribution is -2.38. The van der Waals surface area contributed by atoms with Gasteiger partial charge in [0.1, 0.15) is 12.4 Å². The molecule has 2 N–H and O–H groups in total. The van der Waals surface area contributed by atoms with Crippen LogP contribution in [0.25, 0.3) is 0 Å². The van der Waals surface area contributed by atoms with Crippen LogP contribution in [-0.4, -0.2) is 52.8 Å². The van der Waals surface area contributed by atoms with Gasteiger partial charge in [0.25, 0.3) is 0 Å². The largest absolute Gasteiger partial charge is 0.492 e. The Balaban J connectivity index is 0.00000392. The van der Waals surface area contributed by atoms with Crippen LogP contribution in [0.4, 0.5) is 5.69 Å². The zero-order valence-corrected chi connectivity index (χ0v) is 19.4. The van der Waals surface area contributed by atoms with Gasteiger partial charge < -0.3 is 15.0 Å². The normalized spacial score (nSPS) is 11.3. The van der Waals surface area contributed by atoms with E-state index in [4.69, 9.17) is 4.74 Å². The zero-order chi connectivity index (χ0) is 19.7. The minimum atomic E-state index is -3.27. The van der Waals surface area contributed by atoms with E-state index in [0.717, 1.165) is 17.8 Å². The maximum absolute atomic E-state index is 11.2. The number of hydrogen-bond donors (Lipinski definition) is 2. The molecule has 0 spiro atoms. The molecule has 0 aromatic heterocycles. The number of halogens is 1. The first-order chi connectivity index (χ1) is 12.8. The van der Waals surface area contributed by atoms with Crippen molar-refractivity contribution >= 4 is 45.6 Å². The summed E-state index contributed by atoms with van der Waals surface area (Å²) in [6, 6.07) is 16.8. The van der Waals surface area contributed by atoms with E-state index in [1.165, 1.54) is 0 Å². The third-order valence-corrected chi connectivity index (χ3v) is 4.10. The SMILES string of the molecule is CN(C)C(=NCc1ccccc1)NCCOc1ccc(NS(C)(=O)=O)cc1.I. The van der Waals surface area contributed by atoms with Gasteiger partial charge in [0.2, 0.25) is 10.0 Å². The number of rotatable bonds is 8. The highest BCUT2D eigenvalue weighted by Gasteiger charge is 2.03. The molecule has 0 radical (unpaired) electrons. The summed E-state index contributed by atoms with van der Waals surface area (Å²) in [7, 11) is 0.598. The second-order valence-electron chi connectivity index (χ2n) is 6.19. The molecule has 0 aliphatic carbocycles. The fourth-order valence-electron chi connectivity index (χ4n) is 2.27. The third kappa shape index (κ3) is 9.27. The molecule has 0 heterocycles. The number of sulfonamides is 1. The number of ether oxygens (including phenoxy) is 1. The molecule has 9 heteroatoms. The quantitative estimate of drug-likeness (QED) is 0.243. The molecule has 0 amide bonds. The zero-order valence-electron chi connectivity index (χ0n) is 16.3. The van der Waals surface area contributed by atoms with E-state index in [2.05, 4.69) is 15.0 Å². The van der Waals surface area contributed by atoms with Crippen molar-refractivity contribution in [1.82, 2.24) is 10.2 Å². The van der Waals surface area contributed by atoms with Crippen LogP contribution in [0.2, 0.25) is 0 Å². The van der Waals surface area contributed by atoms with Crippen molar-refractivity contribution in [2.24, 2.45) is 4.99 Å². The van der Waals surface area contributed by atoms with E-state index >= 15 is 0 Å². The van der Waals surface area contributed by atoms with Gasteiger partial charge in [-0.3, -0.25) is 4.72 Å². The molecular weight excluding hydrogens is 491 g/mol. The lowest BCUT2D eigenvalue weighted by atomic mass is 10.2. The average molecular weight is 518 g/mol. The minimum Gasteiger partial charge on any atom is -0.492 e. The van der Waals surface area contributed by atoms with Gasteiger partial charge >= 0.3 is 0 Å². The van der Waals surface area contributed by atoms with Gasteiger partial charge in [0, 0.05) is 19.8 Å². The van der Waals surface area contributed by atoms with Crippen molar-refractivity contribution in [3.8, 4) is 5.75 Å². The number of aliphatic imine (C=N–C) groups is 1. The predicted octanol–water partition coefficient (Wildman–Crippen LogP) is 2.76. The molecule has 2 aromatic carbocycles. The number of nitrogens with zero attached hydrogens (tertiary/aromatic N) is 2. The Hall–Kier alpha value is -2.01. The van der Waals surface area contributed by atoms with Crippen LogP contribution in [0.15, 0.2) is 59.6 Å². The minimum absolute atomic E-state index is 0. The molecular formula is C19H27IN4O3S. The lowest BCUT2D eigenvalue weighted by Gasteiger charge is -2.18. The van der Waals surface area contributed by atoms with Gasteiger partial charge in [0.15, 0.2) is 5.96 Å². The van der Waals surface area contributed by atoms with Crippen LogP contribution >= 0.6 is 24.0 Å². The molecule has 0 saturated heterocycles. The Morgan fingerprint density at radius 3 is 2.29 bits per heavy atom. The molecule has 7 nitrogen and oxygen atoms in total. The summed E-state index contributed by atoms with van der Waals surface area (Å²) in [5, 5.41) is 3.26. The van der Waals surface area contributed by atoms with Crippen LogP contribution in [0.1, 0.15) is 5.56 Å². The highest BCUT2D eigenvalue weighted by Crippen LogP contribution is 2.16. The first kappa shape index (κ1) is 24.0. The Labute approximate surface area is 184 Å². The van der Waals surface area contributed by atoms with E-state index in [0.29, 0.717) is 31.1 Å². The van der Waals surface area contributed by atoms with Gasteiger partial charge in [-0.15, -0.1) is 24.0 Å². The van der Waals surface area contributed by atoms with Gasteiger partial charge in [-0.25, -0.2) is 13.4 Å². The van der Waals surface area contributed by atoms with Crippen molar-refractivity contribution in [3.05, 3.63) is 60.2 Å². The fraction of sp³-hybridized carbons (Fsp3) is 0.316. The lowest BCUT2D eigenvalue weighted by molar-refractivity contribution is 0.320. The number of benzene rings is 2. The summed E-state index contributed by atoms with van der Waals surface area (Å²) in [4.78, 5) is 6.52. The summed E-state index contributed by atoms with van der Waals surface area (Å²) < 4.78 is 30.5. The first-order valence-electron chi connectivity index (χ1n) is 8.54. The van der Waals surface area contributed by atoms with Crippen LogP contribution in [0.3, 0.4) is 0 Å². The molecule has 154 valence electrons. The standard InChI is InChI=1S/C19H26N4O3S.HI/c1-23(2)19(21-15-16-7-5-4-6-8-16)20-13-14-26-18-11-9-17(10-12-18)22-27(3,24)25;/h4-12,22H,13-15H2,1-3H3,(H,20,21);1H. The Morgan fingerprint density at radius 1 is 1.07 bits per heavy atom. The monoisotopic (exact) mass is 518 g/mol. The molecule has 0 unspecified atom stereocenters. The van der Waals surface area contributed by atoms with E-state index in [9.17, 15) is 8.42 Å². The maximum Gasteiger partial charge on any atom is 0.229 e. The summed E-state index contributed by atoms with van der Waals surface area (Å²) in [5.41, 5.74) is 1.66. The highest BCUT2D eigenvalue weighted by molar-refractivity contribution is 14.0. The summed E-state index contributed by atoms with van der Waals surface area (Å²) in [6.07, 6.45) is 1.12. The number of guanidine groups is 1. The molecule has 0 fully saturated rings. The highest BCUT2D eigenvalue weighted by atomic mass is 127. The van der Waals surface area contributed by atoms with E-state index in [-0.39, 0.29) is 24.0 Å². The van der Waals surface area contributed by atoms with Crippen molar-refractivity contribution < 1.29 is 13.2 Å². The molecule has 2 aromatic rings. The Bertz CT molecular complexity index is 841. The molecule has 0 bridgehead atoms. The van der Waals surface area contributed by atoms with Gasteiger partial charge in [-0.1, -0.05) is 30.3 Å². The third-order valence-electron chi connectivity index (χ3n) is 3.49. The summed E-state index contributed by atoms with van der Waals surface area (Å²) in [5.74, 6) is 1.46. The van der Waals surface area contributed by atoms with Gasteiger partial charge in [-0.2, -0.15) is 0 Å². The van der Waals surface area contributed by atoms with E-state index in [1.807, 2.05) is 49.3 Å². The second kappa shape index (κ2) is 11.7. The summed E-state index contributed by atoms with van der Waals surface area (Å²) in [6.45, 7) is 1.66. The van der Waals surface area contributed by atoms with Crippen molar-refractivity contribution in [2.45, 2.75) is 6.54 Å². The number of hydrogen-bond acceptors (Lipinski definition) is 4.